The summed E-state index contributed by atoms with van der Waals surface area (Å²) in [7, 11) is 0. The molecule has 0 spiro atoms. The van der Waals surface area contributed by atoms with Gasteiger partial charge in [0.05, 0.1) is 5.02 Å². The van der Waals surface area contributed by atoms with Crippen LogP contribution in [0.2, 0.25) is 5.02 Å². The van der Waals surface area contributed by atoms with Crippen LogP contribution in [-0.4, -0.2) is 0 Å². The maximum atomic E-state index is 13.5. The van der Waals surface area contributed by atoms with Crippen LogP contribution in [0.1, 0.15) is 24.1 Å². The second-order valence-corrected chi connectivity index (χ2v) is 5.36. The maximum absolute atomic E-state index is 13.5. The van der Waals surface area contributed by atoms with Crippen LogP contribution in [0.3, 0.4) is 0 Å². The van der Waals surface area contributed by atoms with Crippen LogP contribution in [0.4, 0.5) is 14.5 Å². The fraction of sp³-hybridized carbons (Fsp3) is 0.125. The highest BCUT2D eigenvalue weighted by Crippen LogP contribution is 2.39. The van der Waals surface area contributed by atoms with Gasteiger partial charge in [0.25, 0.3) is 0 Å². The Bertz CT molecular complexity index is 722. The minimum atomic E-state index is -0.698. The molecule has 0 saturated heterocycles. The minimum absolute atomic E-state index is 0.270. The van der Waals surface area contributed by atoms with Crippen molar-refractivity contribution in [2.24, 2.45) is 11.5 Å². The monoisotopic (exact) mass is 323 g/mol. The molecule has 0 aliphatic rings. The Hall–Kier alpha value is -2.11. The molecule has 0 fully saturated rings. The summed E-state index contributed by atoms with van der Waals surface area (Å²) in [4.78, 5) is 0. The maximum Gasteiger partial charge on any atom is 0.126 e. The van der Waals surface area contributed by atoms with Crippen LogP contribution in [0.15, 0.2) is 30.5 Å². The van der Waals surface area contributed by atoms with Gasteiger partial charge in [-0.05, 0) is 48.5 Å². The van der Waals surface area contributed by atoms with E-state index in [0.29, 0.717) is 27.3 Å². The number of nitrogens with two attached hydrogens (primary N) is 3. The number of nitrogen functional groups attached to an aromatic ring is 1. The van der Waals surface area contributed by atoms with Crippen LogP contribution in [0.25, 0.3) is 17.2 Å². The molecule has 0 aromatic heterocycles. The molecule has 6 N–H and O–H groups in total. The summed E-state index contributed by atoms with van der Waals surface area (Å²) in [6.07, 6.45) is 2.82. The van der Waals surface area contributed by atoms with E-state index in [1.54, 1.807) is 13.0 Å². The second kappa shape index (κ2) is 6.34. The number of benzene rings is 2. The van der Waals surface area contributed by atoms with E-state index in [2.05, 4.69) is 0 Å². The Morgan fingerprint density at radius 3 is 2.23 bits per heavy atom. The highest BCUT2D eigenvalue weighted by atomic mass is 35.5. The van der Waals surface area contributed by atoms with Gasteiger partial charge in [0, 0.05) is 28.9 Å². The predicted octanol–water partition coefficient (Wildman–Crippen LogP) is 3.82. The number of rotatable bonds is 3. The molecule has 0 aliphatic carbocycles. The molecule has 3 nitrogen and oxygen atoms in total. The number of hydrogen-bond acceptors (Lipinski definition) is 3. The SMILES string of the molecule is CC(N)c1cc(Cl)c(/C=C\N)c(N)c1-c1cc(F)cc(F)c1. The summed E-state index contributed by atoms with van der Waals surface area (Å²) in [5, 5.41) is 0.368. The largest absolute Gasteiger partial charge is 0.405 e. The summed E-state index contributed by atoms with van der Waals surface area (Å²) in [6, 6.07) is 4.41. The van der Waals surface area contributed by atoms with Crippen LogP contribution in [0, 0.1) is 11.6 Å². The van der Waals surface area contributed by atoms with Gasteiger partial charge in [-0.2, -0.15) is 0 Å². The normalized spacial score (nSPS) is 12.8. The quantitative estimate of drug-likeness (QED) is 0.751. The van der Waals surface area contributed by atoms with Crippen molar-refractivity contribution in [1.82, 2.24) is 0 Å². The molecule has 1 unspecified atom stereocenters. The van der Waals surface area contributed by atoms with Crippen LogP contribution in [0.5, 0.6) is 0 Å². The van der Waals surface area contributed by atoms with E-state index < -0.39 is 17.7 Å². The Morgan fingerprint density at radius 1 is 1.14 bits per heavy atom. The number of halogens is 3. The van der Waals surface area contributed by atoms with Gasteiger partial charge in [-0.3, -0.25) is 0 Å². The van der Waals surface area contributed by atoms with E-state index in [1.807, 2.05) is 0 Å². The van der Waals surface area contributed by atoms with Gasteiger partial charge in [-0.25, -0.2) is 8.78 Å². The zero-order valence-electron chi connectivity index (χ0n) is 11.9. The standard InChI is InChI=1S/C16H16ClF2N3/c1-8(21)13-7-14(17)12(2-3-20)16(22)15(13)9-4-10(18)6-11(19)5-9/h2-8H,20-22H2,1H3/b3-2-. The van der Waals surface area contributed by atoms with Gasteiger partial charge in [0.2, 0.25) is 0 Å². The van der Waals surface area contributed by atoms with Crippen molar-refractivity contribution in [3.63, 3.8) is 0 Å². The molecule has 0 amide bonds. The summed E-state index contributed by atoms with van der Waals surface area (Å²) in [6.45, 7) is 1.74. The third-order valence-corrected chi connectivity index (χ3v) is 3.61. The zero-order valence-corrected chi connectivity index (χ0v) is 12.7. The third-order valence-electron chi connectivity index (χ3n) is 3.29. The van der Waals surface area contributed by atoms with Crippen molar-refractivity contribution in [3.8, 4) is 11.1 Å². The average Bonchev–Trinajstić information content (AvgIpc) is 2.41. The predicted molar refractivity (Wildman–Crippen MR) is 87.0 cm³/mol. The Labute approximate surface area is 132 Å². The molecule has 0 saturated carbocycles. The fourth-order valence-corrected chi connectivity index (χ4v) is 2.63. The van der Waals surface area contributed by atoms with E-state index in [1.165, 1.54) is 24.4 Å². The molecule has 6 heteroatoms. The van der Waals surface area contributed by atoms with Gasteiger partial charge in [-0.1, -0.05) is 11.6 Å². The first-order valence-corrected chi connectivity index (χ1v) is 6.95. The van der Waals surface area contributed by atoms with Crippen molar-refractivity contribution in [3.05, 3.63) is 58.2 Å². The Morgan fingerprint density at radius 2 is 1.73 bits per heavy atom. The van der Waals surface area contributed by atoms with Gasteiger partial charge in [-0.15, -0.1) is 0 Å². The van der Waals surface area contributed by atoms with E-state index in [0.717, 1.165) is 6.07 Å². The first-order valence-electron chi connectivity index (χ1n) is 6.57. The lowest BCUT2D eigenvalue weighted by Gasteiger charge is -2.19. The summed E-state index contributed by atoms with van der Waals surface area (Å²) < 4.78 is 27.1. The van der Waals surface area contributed by atoms with E-state index >= 15 is 0 Å². The Balaban J connectivity index is 2.84. The van der Waals surface area contributed by atoms with Crippen molar-refractivity contribution in [1.29, 1.82) is 0 Å². The molecular formula is C16H16ClF2N3. The molecule has 0 bridgehead atoms. The van der Waals surface area contributed by atoms with Crippen LogP contribution < -0.4 is 17.2 Å². The van der Waals surface area contributed by atoms with Gasteiger partial charge >= 0.3 is 0 Å². The molecule has 2 rings (SSSR count). The fourth-order valence-electron chi connectivity index (χ4n) is 2.35. The molecule has 0 aliphatic heterocycles. The third kappa shape index (κ3) is 3.05. The zero-order chi connectivity index (χ0) is 16.4. The summed E-state index contributed by atoms with van der Waals surface area (Å²) in [5.74, 6) is -1.40. The lowest BCUT2D eigenvalue weighted by molar-refractivity contribution is 0.584. The molecule has 1 atom stereocenters. The molecule has 0 radical (unpaired) electrons. The van der Waals surface area contributed by atoms with Gasteiger partial charge < -0.3 is 17.2 Å². The van der Waals surface area contributed by atoms with E-state index in [9.17, 15) is 8.78 Å². The minimum Gasteiger partial charge on any atom is -0.405 e. The highest BCUT2D eigenvalue weighted by Gasteiger charge is 2.18. The molecule has 116 valence electrons. The van der Waals surface area contributed by atoms with Crippen LogP contribution >= 0.6 is 11.6 Å². The Kier molecular flexibility index (Phi) is 4.68. The van der Waals surface area contributed by atoms with Gasteiger partial charge in [0.1, 0.15) is 11.6 Å². The molecular weight excluding hydrogens is 308 g/mol. The molecule has 22 heavy (non-hydrogen) atoms. The first-order chi connectivity index (χ1) is 10.3. The van der Waals surface area contributed by atoms with E-state index in [-0.39, 0.29) is 5.69 Å². The number of anilines is 1. The van der Waals surface area contributed by atoms with Gasteiger partial charge in [0.15, 0.2) is 0 Å². The first kappa shape index (κ1) is 16.3. The molecule has 0 heterocycles. The van der Waals surface area contributed by atoms with Crippen molar-refractivity contribution in [2.45, 2.75) is 13.0 Å². The number of hydrogen-bond donors (Lipinski definition) is 3. The molecule has 2 aromatic rings. The average molecular weight is 324 g/mol. The van der Waals surface area contributed by atoms with Crippen molar-refractivity contribution >= 4 is 23.4 Å². The van der Waals surface area contributed by atoms with Crippen molar-refractivity contribution < 1.29 is 8.78 Å². The summed E-state index contributed by atoms with van der Waals surface area (Å²) >= 11 is 6.19. The lowest BCUT2D eigenvalue weighted by Crippen LogP contribution is -2.10. The molecule has 2 aromatic carbocycles. The lowest BCUT2D eigenvalue weighted by atomic mass is 9.91. The highest BCUT2D eigenvalue weighted by molar-refractivity contribution is 6.33. The van der Waals surface area contributed by atoms with Crippen molar-refractivity contribution in [2.75, 3.05) is 5.73 Å². The summed E-state index contributed by atoms with van der Waals surface area (Å²) in [5.41, 5.74) is 19.6. The second-order valence-electron chi connectivity index (χ2n) is 4.96. The van der Waals surface area contributed by atoms with E-state index in [4.69, 9.17) is 28.8 Å². The smallest absolute Gasteiger partial charge is 0.126 e. The topological polar surface area (TPSA) is 78.1 Å². The van der Waals surface area contributed by atoms with Crippen LogP contribution in [-0.2, 0) is 0 Å².